The van der Waals surface area contributed by atoms with Crippen molar-refractivity contribution in [2.45, 2.75) is 162 Å². The van der Waals surface area contributed by atoms with E-state index in [9.17, 15) is 19.8 Å². The number of phenols is 2. The minimum Gasteiger partial charge on any atom is -0.508 e. The third kappa shape index (κ3) is 13.4. The number of fused-ring (bicyclic) bond motifs is 6. The van der Waals surface area contributed by atoms with E-state index in [4.69, 9.17) is 28.9 Å². The molecule has 70 heavy (non-hydrogen) atoms. The van der Waals surface area contributed by atoms with Crippen LogP contribution < -0.4 is 10.1 Å². The van der Waals surface area contributed by atoms with Gasteiger partial charge in [0.2, 0.25) is 0 Å². The number of hydrogen-bond acceptors (Lipinski definition) is 12. The quantitative estimate of drug-likeness (QED) is 0.0992. The van der Waals surface area contributed by atoms with E-state index in [2.05, 4.69) is 76.0 Å². The maximum absolute atomic E-state index is 13.0. The number of nitrogens with one attached hydrogen (secondary N) is 1. The van der Waals surface area contributed by atoms with Crippen LogP contribution >= 0.6 is 0 Å². The molecule has 6 aliphatic rings. The van der Waals surface area contributed by atoms with Crippen LogP contribution in [0.4, 0.5) is 0 Å². The number of hydrogen-bond donors (Lipinski definition) is 3. The lowest BCUT2D eigenvalue weighted by atomic mass is 9.57. The number of ether oxygens (including phenoxy) is 5. The molecule has 0 radical (unpaired) electrons. The molecule has 0 aromatic heterocycles. The first-order chi connectivity index (χ1) is 33.2. The molecule has 386 valence electrons. The molecule has 2 fully saturated rings. The lowest BCUT2D eigenvalue weighted by molar-refractivity contribution is -0.150. The van der Waals surface area contributed by atoms with Gasteiger partial charge in [-0.15, -0.1) is 0 Å². The Balaban J connectivity index is 0.000000206. The van der Waals surface area contributed by atoms with Gasteiger partial charge in [-0.1, -0.05) is 43.2 Å². The van der Waals surface area contributed by atoms with Gasteiger partial charge in [0.25, 0.3) is 0 Å². The third-order valence-corrected chi connectivity index (χ3v) is 15.9. The summed E-state index contributed by atoms with van der Waals surface area (Å²) in [4.78, 5) is 28.2. The maximum Gasteiger partial charge on any atom is 0.315 e. The molecule has 2 aromatic carbocycles. The molecule has 2 saturated heterocycles. The Labute approximate surface area is 419 Å². The molecule has 0 spiro atoms. The van der Waals surface area contributed by atoms with Gasteiger partial charge < -0.3 is 39.2 Å². The Morgan fingerprint density at radius 3 is 1.84 bits per heavy atom. The van der Waals surface area contributed by atoms with Crippen LogP contribution in [0.3, 0.4) is 0 Å². The second-order valence-corrected chi connectivity index (χ2v) is 22.9. The minimum absolute atomic E-state index is 0.144. The van der Waals surface area contributed by atoms with Gasteiger partial charge in [-0.05, 0) is 172 Å². The van der Waals surface area contributed by atoms with E-state index < -0.39 is 10.8 Å². The van der Waals surface area contributed by atoms with E-state index in [1.165, 1.54) is 16.7 Å². The summed E-state index contributed by atoms with van der Waals surface area (Å²) in [5, 5.41) is 33.9. The monoisotopic (exact) mass is 968 g/mol. The summed E-state index contributed by atoms with van der Waals surface area (Å²) < 4.78 is 28.0. The topological polar surface area (TPSA) is 160 Å². The summed E-state index contributed by atoms with van der Waals surface area (Å²) in [5.74, 6) is 2.06. The predicted molar refractivity (Wildman–Crippen MR) is 274 cm³/mol. The van der Waals surface area contributed by atoms with Gasteiger partial charge >= 0.3 is 11.9 Å². The summed E-state index contributed by atoms with van der Waals surface area (Å²) in [6.07, 6.45) is 13.2. The SMILES string of the molecule is C1COCCN1.CC1=CCC2[C@@H](C1)c1c(O)cc(C(C)(C)C(=O)OCCCCC#N)cc1CC2(C)C.CC1=CCC2[C@@H](C1)c1c(O)cc(C(C)(C)C(=O)OCCCCN3CCOCC3)cc1OC2(C)C. The van der Waals surface area contributed by atoms with Crippen molar-refractivity contribution in [3.63, 3.8) is 0 Å². The number of rotatable bonds is 13. The third-order valence-electron chi connectivity index (χ3n) is 15.9. The van der Waals surface area contributed by atoms with Crippen LogP contribution in [0, 0.1) is 28.6 Å². The molecule has 4 atom stereocenters. The van der Waals surface area contributed by atoms with E-state index in [1.54, 1.807) is 12.1 Å². The number of nitriles is 1. The molecule has 3 heterocycles. The molecule has 3 aliphatic heterocycles. The summed E-state index contributed by atoms with van der Waals surface area (Å²) in [7, 11) is 0. The maximum atomic E-state index is 13.0. The molecular formula is C58H85N3O9. The van der Waals surface area contributed by atoms with E-state index in [0.717, 1.165) is 133 Å². The second-order valence-electron chi connectivity index (χ2n) is 22.9. The fourth-order valence-corrected chi connectivity index (χ4v) is 11.4. The Hall–Kier alpha value is -4.41. The summed E-state index contributed by atoms with van der Waals surface area (Å²) >= 11 is 0. The number of morpholine rings is 2. The van der Waals surface area contributed by atoms with Crippen LogP contribution in [0.1, 0.15) is 167 Å². The molecule has 3 N–H and O–H groups in total. The van der Waals surface area contributed by atoms with E-state index in [1.807, 2.05) is 33.8 Å². The molecule has 0 bridgehead atoms. The normalized spacial score (nSPS) is 23.5. The Morgan fingerprint density at radius 2 is 1.29 bits per heavy atom. The molecular weight excluding hydrogens is 883 g/mol. The van der Waals surface area contributed by atoms with Crippen LogP contribution in [-0.2, 0) is 45.8 Å². The van der Waals surface area contributed by atoms with Crippen molar-refractivity contribution in [1.82, 2.24) is 10.2 Å². The summed E-state index contributed by atoms with van der Waals surface area (Å²) in [6.45, 7) is 29.8. The minimum atomic E-state index is -0.885. The largest absolute Gasteiger partial charge is 0.508 e. The number of unbranched alkanes of at least 4 members (excludes halogenated alkanes) is 3. The highest BCUT2D eigenvalue weighted by Crippen LogP contribution is 2.57. The van der Waals surface area contributed by atoms with E-state index >= 15 is 0 Å². The molecule has 0 amide bonds. The highest BCUT2D eigenvalue weighted by Gasteiger charge is 2.47. The van der Waals surface area contributed by atoms with Crippen molar-refractivity contribution in [2.24, 2.45) is 17.3 Å². The van der Waals surface area contributed by atoms with Crippen molar-refractivity contribution >= 4 is 11.9 Å². The molecule has 12 heteroatoms. The van der Waals surface area contributed by atoms with Crippen molar-refractivity contribution in [3.05, 3.63) is 75.4 Å². The van der Waals surface area contributed by atoms with Gasteiger partial charge in [0.1, 0.15) is 22.8 Å². The number of allylic oxidation sites excluding steroid dienone is 4. The van der Waals surface area contributed by atoms with Crippen LogP contribution in [0.15, 0.2) is 47.6 Å². The number of aromatic hydroxyl groups is 2. The van der Waals surface area contributed by atoms with Gasteiger partial charge in [0, 0.05) is 55.6 Å². The zero-order valence-corrected chi connectivity index (χ0v) is 44.3. The van der Waals surface area contributed by atoms with Gasteiger partial charge in [0.05, 0.1) is 56.5 Å². The molecule has 2 unspecified atom stereocenters. The fourth-order valence-electron chi connectivity index (χ4n) is 11.4. The lowest BCUT2D eigenvalue weighted by Gasteiger charge is -2.47. The van der Waals surface area contributed by atoms with Crippen molar-refractivity contribution in [2.75, 3.05) is 72.4 Å². The van der Waals surface area contributed by atoms with Crippen LogP contribution in [0.5, 0.6) is 17.2 Å². The number of carbonyl (C=O) groups excluding carboxylic acids is 2. The second kappa shape index (κ2) is 23.9. The number of carbonyl (C=O) groups is 2. The average Bonchev–Trinajstić information content (AvgIpc) is 3.31. The smallest absolute Gasteiger partial charge is 0.315 e. The first kappa shape index (κ1) is 54.9. The van der Waals surface area contributed by atoms with E-state index in [0.29, 0.717) is 55.3 Å². The number of benzene rings is 2. The number of esters is 2. The highest BCUT2D eigenvalue weighted by molar-refractivity contribution is 5.83. The number of nitrogens with zero attached hydrogens (tertiary/aromatic N) is 2. The summed E-state index contributed by atoms with van der Waals surface area (Å²) in [6, 6.07) is 9.69. The van der Waals surface area contributed by atoms with Gasteiger partial charge in [-0.25, -0.2) is 0 Å². The molecule has 0 saturated carbocycles. The Bertz CT molecular complexity index is 2210. The van der Waals surface area contributed by atoms with Crippen LogP contribution in [-0.4, -0.2) is 105 Å². The van der Waals surface area contributed by atoms with E-state index in [-0.39, 0.29) is 34.6 Å². The summed E-state index contributed by atoms with van der Waals surface area (Å²) in [5.41, 5.74) is 5.47. The van der Waals surface area contributed by atoms with Crippen LogP contribution in [0.2, 0.25) is 0 Å². The number of phenolic OH excluding ortho intramolecular Hbond substituents is 2. The first-order valence-corrected chi connectivity index (χ1v) is 26.2. The first-order valence-electron chi connectivity index (χ1n) is 26.2. The van der Waals surface area contributed by atoms with Gasteiger partial charge in [-0.2, -0.15) is 5.26 Å². The molecule has 3 aliphatic carbocycles. The Kier molecular flexibility index (Phi) is 18.7. The average molecular weight is 968 g/mol. The van der Waals surface area contributed by atoms with Crippen molar-refractivity contribution in [1.29, 1.82) is 5.26 Å². The zero-order valence-electron chi connectivity index (χ0n) is 44.3. The van der Waals surface area contributed by atoms with Crippen molar-refractivity contribution < 1.29 is 43.5 Å². The zero-order chi connectivity index (χ0) is 50.9. The standard InChI is InChI=1S/C28H41NO5.C26H35NO3.C4H9NO/c1-19-8-9-22-21(16-19)25-23(30)17-20(18-24(25)34-28(22,4)5)27(2,3)26(31)33-13-7-6-10-29-11-14-32-15-12-29;1-17-9-10-21-20(13-17)23-18(16-25(21,2)3)14-19(15-22(23)28)26(4,5)24(29)30-12-8-6-7-11-27;1-3-6-4-2-5-1/h8,17-18,21-22,30H,6-7,9-16H2,1-5H3;9,14-15,20-21,28H,6-8,10,12-13,16H2,1-5H3;5H,1-4H2/t21-,22?;20-,21?;/m11./s1. The van der Waals surface area contributed by atoms with Crippen molar-refractivity contribution in [3.8, 4) is 23.3 Å². The van der Waals surface area contributed by atoms with Gasteiger partial charge in [-0.3, -0.25) is 14.5 Å². The molecule has 12 nitrogen and oxygen atoms in total. The fraction of sp³-hybridized carbons (Fsp3) is 0.672. The predicted octanol–water partition coefficient (Wildman–Crippen LogP) is 10.5. The van der Waals surface area contributed by atoms with Gasteiger partial charge in [0.15, 0.2) is 0 Å². The van der Waals surface area contributed by atoms with Crippen LogP contribution in [0.25, 0.3) is 0 Å². The molecule has 8 rings (SSSR count). The molecule has 2 aromatic rings. The lowest BCUT2D eigenvalue weighted by Crippen LogP contribution is -2.45. The highest BCUT2D eigenvalue weighted by atomic mass is 16.5. The Morgan fingerprint density at radius 1 is 0.757 bits per heavy atom.